The van der Waals surface area contributed by atoms with E-state index in [1.54, 1.807) is 44.4 Å². The monoisotopic (exact) mass is 455 g/mol. The third kappa shape index (κ3) is 5.06. The summed E-state index contributed by atoms with van der Waals surface area (Å²) in [5, 5.41) is 16.2. The minimum atomic E-state index is -0.657. The molecule has 166 valence electrons. The van der Waals surface area contributed by atoms with E-state index in [2.05, 4.69) is 10.5 Å². The molecule has 0 saturated carbocycles. The zero-order valence-electron chi connectivity index (χ0n) is 17.7. The number of amides is 1. The van der Waals surface area contributed by atoms with Crippen molar-refractivity contribution < 1.29 is 14.4 Å². The van der Waals surface area contributed by atoms with Crippen molar-refractivity contribution in [1.82, 2.24) is 9.88 Å². The standard InChI is InChI=1S/C24H23ClFN3O3/c1-3-27-24(31)18-10-8-15(12-21(18)26)19(17-6-4-5-7-20(17)25)13-22(28-32)16-9-11-23(30)29(2)14-16/h4-12,14,19,32H,3,13H2,1-2H3,(H,27,31)/b28-22-. The number of nitrogens with zero attached hydrogens (tertiary/aromatic N) is 2. The zero-order chi connectivity index (χ0) is 23.3. The maximum Gasteiger partial charge on any atom is 0.254 e. The lowest BCUT2D eigenvalue weighted by Gasteiger charge is -2.21. The molecule has 1 amide bonds. The van der Waals surface area contributed by atoms with E-state index in [0.717, 1.165) is 0 Å². The van der Waals surface area contributed by atoms with Crippen molar-refractivity contribution in [3.8, 4) is 0 Å². The van der Waals surface area contributed by atoms with Crippen molar-refractivity contribution >= 4 is 23.2 Å². The van der Waals surface area contributed by atoms with Gasteiger partial charge in [-0.3, -0.25) is 9.59 Å². The molecule has 0 aliphatic rings. The van der Waals surface area contributed by atoms with E-state index in [9.17, 15) is 19.2 Å². The quantitative estimate of drug-likeness (QED) is 0.316. The maximum absolute atomic E-state index is 14.8. The molecule has 0 fully saturated rings. The molecule has 1 atom stereocenters. The van der Waals surface area contributed by atoms with Gasteiger partial charge in [-0.25, -0.2) is 4.39 Å². The summed E-state index contributed by atoms with van der Waals surface area (Å²) in [6.45, 7) is 2.14. The van der Waals surface area contributed by atoms with Crippen molar-refractivity contribution in [2.24, 2.45) is 12.2 Å². The fourth-order valence-corrected chi connectivity index (χ4v) is 3.79. The highest BCUT2D eigenvalue weighted by atomic mass is 35.5. The second-order valence-corrected chi connectivity index (χ2v) is 7.70. The number of oxime groups is 1. The number of aryl methyl sites for hydroxylation is 1. The first-order valence-electron chi connectivity index (χ1n) is 10.1. The third-order valence-electron chi connectivity index (χ3n) is 5.20. The van der Waals surface area contributed by atoms with E-state index in [0.29, 0.717) is 34.0 Å². The van der Waals surface area contributed by atoms with Crippen LogP contribution in [0, 0.1) is 5.82 Å². The Balaban J connectivity index is 2.06. The number of hydrogen-bond acceptors (Lipinski definition) is 4. The van der Waals surface area contributed by atoms with Crippen molar-refractivity contribution in [2.45, 2.75) is 19.3 Å². The van der Waals surface area contributed by atoms with Gasteiger partial charge in [0.1, 0.15) is 5.82 Å². The molecular weight excluding hydrogens is 433 g/mol. The Morgan fingerprint density at radius 2 is 1.97 bits per heavy atom. The van der Waals surface area contributed by atoms with Crippen LogP contribution in [0.4, 0.5) is 4.39 Å². The van der Waals surface area contributed by atoms with E-state index >= 15 is 0 Å². The Morgan fingerprint density at radius 3 is 2.59 bits per heavy atom. The molecule has 0 spiro atoms. The molecule has 0 bridgehead atoms. The van der Waals surface area contributed by atoms with E-state index in [4.69, 9.17) is 11.6 Å². The second kappa shape index (κ2) is 10.2. The van der Waals surface area contributed by atoms with Gasteiger partial charge in [-0.15, -0.1) is 0 Å². The van der Waals surface area contributed by atoms with Crippen molar-refractivity contribution in [2.75, 3.05) is 6.54 Å². The Kier molecular flexibility index (Phi) is 7.43. The van der Waals surface area contributed by atoms with Gasteiger partial charge in [0.05, 0.1) is 11.3 Å². The van der Waals surface area contributed by atoms with Gasteiger partial charge in [0.25, 0.3) is 5.91 Å². The van der Waals surface area contributed by atoms with Crippen LogP contribution in [0.25, 0.3) is 0 Å². The van der Waals surface area contributed by atoms with Crippen molar-refractivity contribution in [3.05, 3.63) is 104 Å². The molecule has 2 aromatic carbocycles. The normalized spacial score (nSPS) is 12.4. The lowest BCUT2D eigenvalue weighted by molar-refractivity contribution is 0.0952. The van der Waals surface area contributed by atoms with E-state index in [-0.39, 0.29) is 17.5 Å². The largest absolute Gasteiger partial charge is 0.411 e. The molecule has 6 nitrogen and oxygen atoms in total. The number of nitrogens with one attached hydrogen (secondary N) is 1. The summed E-state index contributed by atoms with van der Waals surface area (Å²) in [6.07, 6.45) is 1.75. The van der Waals surface area contributed by atoms with Gasteiger partial charge in [-0.1, -0.05) is 41.0 Å². The SMILES string of the molecule is CCNC(=O)c1ccc(C(C/C(=N/O)c2ccc(=O)n(C)c2)c2ccccc2Cl)cc1F. The molecule has 1 unspecified atom stereocenters. The van der Waals surface area contributed by atoms with Crippen LogP contribution >= 0.6 is 11.6 Å². The minimum Gasteiger partial charge on any atom is -0.411 e. The molecule has 0 saturated heterocycles. The van der Waals surface area contributed by atoms with Crippen LogP contribution in [0.5, 0.6) is 0 Å². The molecule has 0 radical (unpaired) electrons. The Hall–Kier alpha value is -3.45. The zero-order valence-corrected chi connectivity index (χ0v) is 18.4. The molecule has 0 aliphatic carbocycles. The van der Waals surface area contributed by atoms with Crippen LogP contribution in [0.1, 0.15) is 46.3 Å². The number of pyridine rings is 1. The second-order valence-electron chi connectivity index (χ2n) is 7.29. The molecule has 0 aliphatic heterocycles. The molecular formula is C24H23ClFN3O3. The highest BCUT2D eigenvalue weighted by Crippen LogP contribution is 2.34. The summed E-state index contributed by atoms with van der Waals surface area (Å²) in [7, 11) is 1.60. The fourth-order valence-electron chi connectivity index (χ4n) is 3.53. The molecule has 1 heterocycles. The summed E-state index contributed by atoms with van der Waals surface area (Å²) in [5.74, 6) is -1.62. The van der Waals surface area contributed by atoms with Gasteiger partial charge in [0.15, 0.2) is 0 Å². The number of rotatable bonds is 7. The topological polar surface area (TPSA) is 83.7 Å². The molecule has 3 rings (SSSR count). The van der Waals surface area contributed by atoms with Crippen LogP contribution in [0.3, 0.4) is 0 Å². The smallest absolute Gasteiger partial charge is 0.254 e. The van der Waals surface area contributed by atoms with Gasteiger partial charge in [-0.2, -0.15) is 0 Å². The van der Waals surface area contributed by atoms with Crippen molar-refractivity contribution in [3.63, 3.8) is 0 Å². The first kappa shape index (κ1) is 23.2. The van der Waals surface area contributed by atoms with E-state index < -0.39 is 17.6 Å². The average Bonchev–Trinajstić information content (AvgIpc) is 2.77. The van der Waals surface area contributed by atoms with Crippen LogP contribution < -0.4 is 10.9 Å². The minimum absolute atomic E-state index is 0.0531. The number of hydrogen-bond donors (Lipinski definition) is 2. The van der Waals surface area contributed by atoms with Gasteiger partial charge < -0.3 is 15.1 Å². The fraction of sp³-hybridized carbons (Fsp3) is 0.208. The summed E-state index contributed by atoms with van der Waals surface area (Å²) in [6, 6.07) is 14.5. The highest BCUT2D eigenvalue weighted by molar-refractivity contribution is 6.31. The number of carbonyl (C=O) groups is 1. The first-order chi connectivity index (χ1) is 15.3. The molecule has 3 aromatic rings. The van der Waals surface area contributed by atoms with Crippen LogP contribution in [0.2, 0.25) is 5.02 Å². The van der Waals surface area contributed by atoms with Gasteiger partial charge >= 0.3 is 0 Å². The van der Waals surface area contributed by atoms with E-state index in [1.165, 1.54) is 22.8 Å². The lowest BCUT2D eigenvalue weighted by atomic mass is 9.85. The summed E-state index contributed by atoms with van der Waals surface area (Å²) < 4.78 is 16.2. The number of aromatic nitrogens is 1. The number of halogens is 2. The molecule has 8 heteroatoms. The van der Waals surface area contributed by atoms with Crippen LogP contribution in [-0.4, -0.2) is 27.9 Å². The van der Waals surface area contributed by atoms with Crippen molar-refractivity contribution in [1.29, 1.82) is 0 Å². The average molecular weight is 456 g/mol. The third-order valence-corrected chi connectivity index (χ3v) is 5.54. The molecule has 2 N–H and O–H groups in total. The summed E-state index contributed by atoms with van der Waals surface area (Å²) in [4.78, 5) is 23.8. The Bertz CT molecular complexity index is 1220. The summed E-state index contributed by atoms with van der Waals surface area (Å²) >= 11 is 6.44. The van der Waals surface area contributed by atoms with Gasteiger partial charge in [0, 0.05) is 48.8 Å². The molecule has 1 aromatic heterocycles. The van der Waals surface area contributed by atoms with E-state index in [1.807, 2.05) is 12.1 Å². The molecule has 32 heavy (non-hydrogen) atoms. The van der Waals surface area contributed by atoms with Gasteiger partial charge in [0.2, 0.25) is 5.56 Å². The Morgan fingerprint density at radius 1 is 1.22 bits per heavy atom. The van der Waals surface area contributed by atoms with Gasteiger partial charge in [-0.05, 0) is 42.3 Å². The van der Waals surface area contributed by atoms with Crippen LogP contribution in [-0.2, 0) is 7.05 Å². The predicted molar refractivity (Wildman–Crippen MR) is 122 cm³/mol. The first-order valence-corrected chi connectivity index (χ1v) is 10.4. The lowest BCUT2D eigenvalue weighted by Crippen LogP contribution is -2.24. The van der Waals surface area contributed by atoms with Crippen LogP contribution in [0.15, 0.2) is 70.7 Å². The number of carbonyl (C=O) groups excluding carboxylic acids is 1. The Labute approximate surface area is 190 Å². The maximum atomic E-state index is 14.8. The predicted octanol–water partition coefficient (Wildman–Crippen LogP) is 4.33. The highest BCUT2D eigenvalue weighted by Gasteiger charge is 2.23. The summed E-state index contributed by atoms with van der Waals surface area (Å²) in [5.41, 5.74) is 1.88. The number of benzene rings is 2.